The van der Waals surface area contributed by atoms with Crippen molar-refractivity contribution in [1.29, 1.82) is 0 Å². The van der Waals surface area contributed by atoms with Crippen molar-refractivity contribution in [1.82, 2.24) is 15.0 Å². The molecule has 2 N–H and O–H groups in total. The molecule has 3 aromatic heterocycles. The molecule has 3 aromatic rings. The average Bonchev–Trinajstić information content (AvgIpc) is 2.75. The first kappa shape index (κ1) is 21.1. The van der Waals surface area contributed by atoms with E-state index >= 15 is 0 Å². The van der Waals surface area contributed by atoms with Gasteiger partial charge in [0.05, 0.1) is 10.7 Å². The van der Waals surface area contributed by atoms with E-state index in [1.165, 1.54) is 0 Å². The molecule has 0 atom stereocenters. The van der Waals surface area contributed by atoms with Crippen LogP contribution in [0, 0.1) is 0 Å². The van der Waals surface area contributed by atoms with Crippen LogP contribution in [0.1, 0.15) is 45.1 Å². The number of pyridine rings is 3. The summed E-state index contributed by atoms with van der Waals surface area (Å²) in [5.74, 6) is 1.63. The summed E-state index contributed by atoms with van der Waals surface area (Å²) in [5.41, 5.74) is 2.80. The molecule has 0 radical (unpaired) electrons. The van der Waals surface area contributed by atoms with E-state index in [1.54, 1.807) is 12.4 Å². The van der Waals surface area contributed by atoms with Gasteiger partial charge in [0, 0.05) is 36.7 Å². The Morgan fingerprint density at radius 1 is 1.00 bits per heavy atom. The lowest BCUT2D eigenvalue weighted by Crippen LogP contribution is -2.19. The number of anilines is 2. The molecule has 0 amide bonds. The molecule has 29 heavy (non-hydrogen) atoms. The molecular weight excluding hydrogens is 382 g/mol. The summed E-state index contributed by atoms with van der Waals surface area (Å²) >= 11 is 6.46. The van der Waals surface area contributed by atoms with Gasteiger partial charge in [0.15, 0.2) is 0 Å². The van der Waals surface area contributed by atoms with Crippen LogP contribution in [0.15, 0.2) is 55.0 Å². The fraction of sp³-hybridized carbons (Fsp3) is 0.348. The number of rotatable bonds is 10. The third-order valence-electron chi connectivity index (χ3n) is 4.70. The lowest BCUT2D eigenvalue weighted by Gasteiger charge is -2.18. The van der Waals surface area contributed by atoms with Crippen molar-refractivity contribution in [3.8, 4) is 11.3 Å². The number of hydrogen-bond acceptors (Lipinski definition) is 5. The summed E-state index contributed by atoms with van der Waals surface area (Å²) in [7, 11) is 0. The van der Waals surface area contributed by atoms with Crippen molar-refractivity contribution >= 4 is 23.2 Å². The summed E-state index contributed by atoms with van der Waals surface area (Å²) in [6.45, 7) is 5.08. The molecule has 0 fully saturated rings. The quantitative estimate of drug-likeness (QED) is 0.418. The highest BCUT2D eigenvalue weighted by Gasteiger charge is 2.12. The smallest absolute Gasteiger partial charge is 0.126 e. The molecule has 0 saturated heterocycles. The number of nitrogens with one attached hydrogen (secondary N) is 2. The standard InChI is InChI=1S/C23H28ClN5/c1-3-7-18(8-4-2)28-23-13-19(20(24)16-27-23)21-10-5-11-22(29-21)26-15-17-9-6-12-25-14-17/h5-6,9-14,16,18H,3-4,7-8,15H2,1-2H3,(H,26,29)(H,27,28). The van der Waals surface area contributed by atoms with E-state index in [9.17, 15) is 0 Å². The number of aromatic nitrogens is 3. The topological polar surface area (TPSA) is 62.7 Å². The Kier molecular flexibility index (Phi) is 7.82. The van der Waals surface area contributed by atoms with Gasteiger partial charge in [0.25, 0.3) is 0 Å². The highest BCUT2D eigenvalue weighted by Crippen LogP contribution is 2.29. The van der Waals surface area contributed by atoms with Crippen LogP contribution >= 0.6 is 11.6 Å². The number of hydrogen-bond donors (Lipinski definition) is 2. The lowest BCUT2D eigenvalue weighted by molar-refractivity contribution is 0.584. The fourth-order valence-corrected chi connectivity index (χ4v) is 3.49. The summed E-state index contributed by atoms with van der Waals surface area (Å²) in [6.07, 6.45) is 9.85. The Labute approximate surface area is 178 Å². The third kappa shape index (κ3) is 6.16. The summed E-state index contributed by atoms with van der Waals surface area (Å²) in [5, 5.41) is 7.50. The highest BCUT2D eigenvalue weighted by atomic mass is 35.5. The maximum Gasteiger partial charge on any atom is 0.126 e. The highest BCUT2D eigenvalue weighted by molar-refractivity contribution is 6.33. The Morgan fingerprint density at radius 2 is 1.83 bits per heavy atom. The van der Waals surface area contributed by atoms with E-state index in [1.807, 2.05) is 42.6 Å². The van der Waals surface area contributed by atoms with Gasteiger partial charge in [-0.15, -0.1) is 0 Å². The zero-order valence-corrected chi connectivity index (χ0v) is 17.8. The van der Waals surface area contributed by atoms with Gasteiger partial charge in [-0.2, -0.15) is 0 Å². The molecule has 0 unspecified atom stereocenters. The monoisotopic (exact) mass is 409 g/mol. The van der Waals surface area contributed by atoms with E-state index in [0.29, 0.717) is 17.6 Å². The van der Waals surface area contributed by atoms with Crippen molar-refractivity contribution in [3.05, 3.63) is 65.6 Å². The van der Waals surface area contributed by atoms with Crippen LogP contribution in [0.3, 0.4) is 0 Å². The predicted octanol–water partition coefficient (Wildman–Crippen LogP) is 6.18. The third-order valence-corrected chi connectivity index (χ3v) is 5.00. The molecule has 0 aliphatic carbocycles. The molecule has 0 aromatic carbocycles. The maximum atomic E-state index is 6.46. The molecule has 3 heterocycles. The Balaban J connectivity index is 1.77. The van der Waals surface area contributed by atoms with Gasteiger partial charge in [-0.1, -0.05) is 50.4 Å². The van der Waals surface area contributed by atoms with E-state index in [2.05, 4.69) is 34.4 Å². The van der Waals surface area contributed by atoms with Gasteiger partial charge in [-0.05, 0) is 42.7 Å². The molecule has 5 nitrogen and oxygen atoms in total. The largest absolute Gasteiger partial charge is 0.367 e. The molecular formula is C23H28ClN5. The van der Waals surface area contributed by atoms with Crippen molar-refractivity contribution < 1.29 is 0 Å². The molecule has 0 bridgehead atoms. The van der Waals surface area contributed by atoms with Crippen LogP contribution in [0.4, 0.5) is 11.6 Å². The van der Waals surface area contributed by atoms with Gasteiger partial charge < -0.3 is 10.6 Å². The van der Waals surface area contributed by atoms with Crippen molar-refractivity contribution in [3.63, 3.8) is 0 Å². The number of nitrogens with zero attached hydrogens (tertiary/aromatic N) is 3. The first-order valence-electron chi connectivity index (χ1n) is 10.2. The first-order valence-corrected chi connectivity index (χ1v) is 10.6. The lowest BCUT2D eigenvalue weighted by atomic mass is 10.1. The van der Waals surface area contributed by atoms with Crippen LogP contribution in [-0.4, -0.2) is 21.0 Å². The van der Waals surface area contributed by atoms with Gasteiger partial charge >= 0.3 is 0 Å². The Hall–Kier alpha value is -2.66. The van der Waals surface area contributed by atoms with E-state index in [0.717, 1.165) is 54.1 Å². The van der Waals surface area contributed by atoms with E-state index < -0.39 is 0 Å². The summed E-state index contributed by atoms with van der Waals surface area (Å²) < 4.78 is 0. The SMILES string of the molecule is CCCC(CCC)Nc1cc(-c2cccc(NCc3cccnc3)n2)c(Cl)cn1. The van der Waals surface area contributed by atoms with Crippen LogP contribution in [-0.2, 0) is 6.54 Å². The second kappa shape index (κ2) is 10.8. The predicted molar refractivity (Wildman–Crippen MR) is 121 cm³/mol. The minimum absolute atomic E-state index is 0.423. The Bertz CT molecular complexity index is 895. The maximum absolute atomic E-state index is 6.46. The summed E-state index contributed by atoms with van der Waals surface area (Å²) in [4.78, 5) is 13.4. The number of halogens is 1. The van der Waals surface area contributed by atoms with Crippen molar-refractivity contribution in [2.45, 2.75) is 52.1 Å². The normalized spacial score (nSPS) is 10.9. The van der Waals surface area contributed by atoms with Crippen LogP contribution in [0.5, 0.6) is 0 Å². The van der Waals surface area contributed by atoms with E-state index in [-0.39, 0.29) is 0 Å². The first-order chi connectivity index (χ1) is 14.2. The zero-order chi connectivity index (χ0) is 20.5. The van der Waals surface area contributed by atoms with Crippen LogP contribution < -0.4 is 10.6 Å². The molecule has 152 valence electrons. The van der Waals surface area contributed by atoms with Crippen LogP contribution in [0.2, 0.25) is 5.02 Å². The Morgan fingerprint density at radius 3 is 2.55 bits per heavy atom. The molecule has 0 aliphatic heterocycles. The van der Waals surface area contributed by atoms with Gasteiger partial charge in [0.1, 0.15) is 11.6 Å². The van der Waals surface area contributed by atoms with Gasteiger partial charge in [-0.25, -0.2) is 9.97 Å². The minimum atomic E-state index is 0.423. The van der Waals surface area contributed by atoms with Crippen molar-refractivity contribution in [2.24, 2.45) is 0 Å². The zero-order valence-electron chi connectivity index (χ0n) is 17.0. The molecule has 3 rings (SSSR count). The minimum Gasteiger partial charge on any atom is -0.367 e. The van der Waals surface area contributed by atoms with E-state index in [4.69, 9.17) is 16.6 Å². The molecule has 0 saturated carbocycles. The summed E-state index contributed by atoms with van der Waals surface area (Å²) in [6, 6.07) is 12.3. The van der Waals surface area contributed by atoms with Crippen LogP contribution in [0.25, 0.3) is 11.3 Å². The average molecular weight is 410 g/mol. The fourth-order valence-electron chi connectivity index (χ4n) is 3.29. The molecule has 0 aliphatic rings. The molecule has 0 spiro atoms. The molecule has 6 heteroatoms. The second-order valence-electron chi connectivity index (χ2n) is 7.09. The van der Waals surface area contributed by atoms with Crippen molar-refractivity contribution in [2.75, 3.05) is 10.6 Å². The second-order valence-corrected chi connectivity index (χ2v) is 7.50. The van der Waals surface area contributed by atoms with Gasteiger partial charge in [-0.3, -0.25) is 4.98 Å². The van der Waals surface area contributed by atoms with Gasteiger partial charge in [0.2, 0.25) is 0 Å².